The van der Waals surface area contributed by atoms with Crippen LogP contribution in [-0.4, -0.2) is 44.5 Å². The Kier molecular flexibility index (Phi) is 5.30. The zero-order chi connectivity index (χ0) is 17.6. The third kappa shape index (κ3) is 4.58. The van der Waals surface area contributed by atoms with Gasteiger partial charge in [-0.15, -0.1) is 0 Å². The number of para-hydroxylation sites is 1. The van der Waals surface area contributed by atoms with Crippen molar-refractivity contribution in [3.05, 3.63) is 60.2 Å². The number of nitrogens with one attached hydrogen (secondary N) is 2. The number of nitrogens with zero attached hydrogens (tertiary/aromatic N) is 1. The molecule has 2 aromatic rings. The summed E-state index contributed by atoms with van der Waals surface area (Å²) < 4.78 is 0. The molecule has 0 bridgehead atoms. The highest BCUT2D eigenvalue weighted by Crippen LogP contribution is 2.12. The molecule has 6 heteroatoms. The third-order valence-electron chi connectivity index (χ3n) is 4.46. The smallest absolute Gasteiger partial charge is 0.279 e. The summed E-state index contributed by atoms with van der Waals surface area (Å²) in [6, 6.07) is 17.0. The Morgan fingerprint density at radius 1 is 1.00 bits per heavy atom. The van der Waals surface area contributed by atoms with E-state index in [9.17, 15) is 9.59 Å². The monoisotopic (exact) mass is 339 g/mol. The number of carbonyl (C=O) groups is 2. The van der Waals surface area contributed by atoms with E-state index in [1.54, 1.807) is 24.3 Å². The first-order chi connectivity index (χ1) is 12.1. The van der Waals surface area contributed by atoms with Gasteiger partial charge in [0, 0.05) is 16.9 Å². The topological polar surface area (TPSA) is 79.9 Å². The third-order valence-corrected chi connectivity index (χ3v) is 4.46. The van der Waals surface area contributed by atoms with Crippen molar-refractivity contribution in [3.8, 4) is 0 Å². The maximum Gasteiger partial charge on any atom is 0.279 e. The zero-order valence-corrected chi connectivity index (χ0v) is 14.1. The lowest BCUT2D eigenvalue weighted by atomic mass is 10.2. The van der Waals surface area contributed by atoms with Crippen molar-refractivity contribution >= 4 is 23.2 Å². The minimum Gasteiger partial charge on any atom is -0.366 e. The second-order valence-electron chi connectivity index (χ2n) is 6.24. The first-order valence-electron chi connectivity index (χ1n) is 8.45. The summed E-state index contributed by atoms with van der Waals surface area (Å²) in [5.41, 5.74) is 7.55. The minimum absolute atomic E-state index is 0.0185. The first kappa shape index (κ1) is 17.0. The Morgan fingerprint density at radius 2 is 1.64 bits per heavy atom. The molecular formula is C19H23N4O2+. The first-order valence-corrected chi connectivity index (χ1v) is 8.45. The lowest BCUT2D eigenvalue weighted by molar-refractivity contribution is -0.892. The van der Waals surface area contributed by atoms with E-state index in [0.29, 0.717) is 17.8 Å². The molecule has 0 aliphatic carbocycles. The summed E-state index contributed by atoms with van der Waals surface area (Å²) in [4.78, 5) is 26.9. The number of benzene rings is 2. The number of carbonyl (C=O) groups excluding carboxylic acids is 2. The van der Waals surface area contributed by atoms with Crippen LogP contribution in [0.15, 0.2) is 54.6 Å². The van der Waals surface area contributed by atoms with Gasteiger partial charge in [-0.1, -0.05) is 18.2 Å². The van der Waals surface area contributed by atoms with Crippen molar-refractivity contribution in [2.45, 2.75) is 0 Å². The van der Waals surface area contributed by atoms with Gasteiger partial charge in [0.05, 0.1) is 26.2 Å². The average Bonchev–Trinajstić information content (AvgIpc) is 2.63. The highest BCUT2D eigenvalue weighted by atomic mass is 16.2. The molecule has 1 fully saturated rings. The Bertz CT molecular complexity index is 723. The molecule has 3 rings (SSSR count). The SMILES string of the molecule is NC(=O)c1ccc(NC(=O)C[NH+]2CCN(c3ccccc3)CC2)cc1. The number of hydrogen-bond donors (Lipinski definition) is 3. The highest BCUT2D eigenvalue weighted by molar-refractivity contribution is 5.95. The molecule has 1 aliphatic rings. The fourth-order valence-electron chi connectivity index (χ4n) is 3.05. The molecule has 1 heterocycles. The maximum absolute atomic E-state index is 12.2. The van der Waals surface area contributed by atoms with E-state index in [-0.39, 0.29) is 5.91 Å². The minimum atomic E-state index is -0.474. The van der Waals surface area contributed by atoms with Crippen molar-refractivity contribution in [1.29, 1.82) is 0 Å². The van der Waals surface area contributed by atoms with Crippen LogP contribution in [0.4, 0.5) is 11.4 Å². The quantitative estimate of drug-likeness (QED) is 0.724. The fraction of sp³-hybridized carbons (Fsp3) is 0.263. The lowest BCUT2D eigenvalue weighted by Gasteiger charge is -2.33. The Labute approximate surface area is 147 Å². The highest BCUT2D eigenvalue weighted by Gasteiger charge is 2.22. The van der Waals surface area contributed by atoms with Crippen molar-refractivity contribution in [3.63, 3.8) is 0 Å². The molecule has 2 aromatic carbocycles. The second kappa shape index (κ2) is 7.81. The van der Waals surface area contributed by atoms with Crippen molar-refractivity contribution in [2.75, 3.05) is 42.9 Å². The number of piperazine rings is 1. The zero-order valence-electron chi connectivity index (χ0n) is 14.1. The molecule has 4 N–H and O–H groups in total. The Balaban J connectivity index is 1.47. The molecule has 1 aliphatic heterocycles. The predicted molar refractivity (Wildman–Crippen MR) is 97.8 cm³/mol. The molecule has 0 saturated carbocycles. The van der Waals surface area contributed by atoms with Crippen LogP contribution in [0.25, 0.3) is 0 Å². The normalized spacial score (nSPS) is 15.0. The second-order valence-corrected chi connectivity index (χ2v) is 6.24. The molecular weight excluding hydrogens is 316 g/mol. The van der Waals surface area contributed by atoms with E-state index in [2.05, 4.69) is 22.3 Å². The molecule has 25 heavy (non-hydrogen) atoms. The number of nitrogens with two attached hydrogens (primary N) is 1. The standard InChI is InChI=1S/C19H22N4O2/c20-19(25)15-6-8-16(9-7-15)21-18(24)14-22-10-12-23(13-11-22)17-4-2-1-3-5-17/h1-9H,10-14H2,(H2,20,25)(H,21,24)/p+1. The average molecular weight is 339 g/mol. The van der Waals surface area contributed by atoms with E-state index < -0.39 is 5.91 Å². The van der Waals surface area contributed by atoms with Gasteiger partial charge < -0.3 is 20.9 Å². The number of hydrogen-bond acceptors (Lipinski definition) is 3. The van der Waals surface area contributed by atoms with Gasteiger partial charge in [-0.25, -0.2) is 0 Å². The molecule has 0 aromatic heterocycles. The predicted octanol–water partition coefficient (Wildman–Crippen LogP) is 0.129. The molecule has 2 amide bonds. The van der Waals surface area contributed by atoms with Gasteiger partial charge in [0.2, 0.25) is 5.91 Å². The largest absolute Gasteiger partial charge is 0.366 e. The molecule has 6 nitrogen and oxygen atoms in total. The van der Waals surface area contributed by atoms with Crippen LogP contribution >= 0.6 is 0 Å². The summed E-state index contributed by atoms with van der Waals surface area (Å²) in [7, 11) is 0. The van der Waals surface area contributed by atoms with E-state index in [4.69, 9.17) is 5.73 Å². The number of quaternary nitrogens is 1. The van der Waals surface area contributed by atoms with Gasteiger partial charge >= 0.3 is 0 Å². The molecule has 0 spiro atoms. The van der Waals surface area contributed by atoms with E-state index in [1.165, 1.54) is 10.6 Å². The van der Waals surface area contributed by atoms with Gasteiger partial charge in [-0.05, 0) is 36.4 Å². The van der Waals surface area contributed by atoms with E-state index in [1.807, 2.05) is 18.2 Å². The molecule has 130 valence electrons. The molecule has 0 unspecified atom stereocenters. The van der Waals surface area contributed by atoms with Gasteiger partial charge in [0.1, 0.15) is 0 Å². The van der Waals surface area contributed by atoms with Crippen LogP contribution in [-0.2, 0) is 4.79 Å². The van der Waals surface area contributed by atoms with Crippen molar-refractivity contribution < 1.29 is 14.5 Å². The van der Waals surface area contributed by atoms with Crippen molar-refractivity contribution in [1.82, 2.24) is 0 Å². The van der Waals surface area contributed by atoms with E-state index in [0.717, 1.165) is 26.2 Å². The van der Waals surface area contributed by atoms with Gasteiger partial charge in [0.25, 0.3) is 5.91 Å². The van der Waals surface area contributed by atoms with E-state index >= 15 is 0 Å². The number of amides is 2. The summed E-state index contributed by atoms with van der Waals surface area (Å²) in [6.07, 6.45) is 0. The van der Waals surface area contributed by atoms with Crippen LogP contribution < -0.4 is 20.9 Å². The summed E-state index contributed by atoms with van der Waals surface area (Å²) in [5.74, 6) is -0.492. The number of rotatable bonds is 5. The number of anilines is 2. The maximum atomic E-state index is 12.2. The Hall–Kier alpha value is -2.86. The van der Waals surface area contributed by atoms with Crippen LogP contribution in [0, 0.1) is 0 Å². The molecule has 0 atom stereocenters. The van der Waals surface area contributed by atoms with Crippen LogP contribution in [0.1, 0.15) is 10.4 Å². The molecule has 1 saturated heterocycles. The van der Waals surface area contributed by atoms with Crippen LogP contribution in [0.3, 0.4) is 0 Å². The summed E-state index contributed by atoms with van der Waals surface area (Å²) in [6.45, 7) is 4.20. The Morgan fingerprint density at radius 3 is 2.24 bits per heavy atom. The van der Waals surface area contributed by atoms with Gasteiger partial charge in [-0.3, -0.25) is 9.59 Å². The fourth-order valence-corrected chi connectivity index (χ4v) is 3.05. The lowest BCUT2D eigenvalue weighted by Crippen LogP contribution is -3.15. The van der Waals surface area contributed by atoms with Crippen LogP contribution in [0.5, 0.6) is 0 Å². The summed E-state index contributed by atoms with van der Waals surface area (Å²) >= 11 is 0. The van der Waals surface area contributed by atoms with Gasteiger partial charge in [-0.2, -0.15) is 0 Å². The van der Waals surface area contributed by atoms with Gasteiger partial charge in [0.15, 0.2) is 6.54 Å². The van der Waals surface area contributed by atoms with Crippen LogP contribution in [0.2, 0.25) is 0 Å². The van der Waals surface area contributed by atoms with Crippen molar-refractivity contribution in [2.24, 2.45) is 5.73 Å². The number of primary amides is 1. The summed E-state index contributed by atoms with van der Waals surface area (Å²) in [5, 5.41) is 2.87. The molecule has 0 radical (unpaired) electrons.